The average molecular weight is 478 g/mol. The molecule has 3 rings (SSSR count). The molecule has 0 fully saturated rings. The number of ether oxygens (including phenoxy) is 1. The van der Waals surface area contributed by atoms with Crippen LogP contribution in [0, 0.1) is 22.9 Å². The van der Waals surface area contributed by atoms with Crippen LogP contribution in [0.1, 0.15) is 12.0 Å². The number of benzene rings is 2. The highest BCUT2D eigenvalue weighted by Gasteiger charge is 2.15. The summed E-state index contributed by atoms with van der Waals surface area (Å²) in [5, 5.41) is 19.9. The van der Waals surface area contributed by atoms with Gasteiger partial charge in [-0.15, -0.1) is 0 Å². The highest BCUT2D eigenvalue weighted by Crippen LogP contribution is 2.31. The number of halogens is 3. The first-order chi connectivity index (χ1) is 15.9. The van der Waals surface area contributed by atoms with Gasteiger partial charge in [-0.3, -0.25) is 9.77 Å². The molecule has 174 valence electrons. The van der Waals surface area contributed by atoms with E-state index >= 15 is 0 Å². The number of nitrogens with one attached hydrogen (secondary N) is 2. The third kappa shape index (κ3) is 6.83. The SMILES string of the molecule is COc1cc(F)ccc1-c1nc(Nc2cc(F)cc(CC(=N)/[SH]=N/CCCO)c2)ncc1F. The number of hydrogen-bond donors (Lipinski definition) is 4. The van der Waals surface area contributed by atoms with Gasteiger partial charge in [-0.05, 0) is 42.3 Å². The van der Waals surface area contributed by atoms with Crippen molar-refractivity contribution in [2.45, 2.75) is 12.8 Å². The number of methoxy groups -OCH3 is 1. The summed E-state index contributed by atoms with van der Waals surface area (Å²) in [6, 6.07) is 7.79. The van der Waals surface area contributed by atoms with Gasteiger partial charge in [0.1, 0.15) is 23.1 Å². The van der Waals surface area contributed by atoms with E-state index in [0.717, 1.165) is 18.3 Å². The van der Waals surface area contributed by atoms with Crippen molar-refractivity contribution in [3.8, 4) is 17.0 Å². The van der Waals surface area contributed by atoms with E-state index in [-0.39, 0.29) is 41.0 Å². The van der Waals surface area contributed by atoms with Crippen LogP contribution >= 0.6 is 0 Å². The summed E-state index contributed by atoms with van der Waals surface area (Å²) in [6.45, 7) is 0.478. The summed E-state index contributed by atoms with van der Waals surface area (Å²) in [7, 11) is 1.34. The minimum atomic E-state index is -0.734. The van der Waals surface area contributed by atoms with E-state index in [1.54, 1.807) is 6.07 Å². The van der Waals surface area contributed by atoms with E-state index in [2.05, 4.69) is 19.6 Å². The molecular weight excluding hydrogens is 455 g/mol. The van der Waals surface area contributed by atoms with Gasteiger partial charge in [0.05, 0.1) is 18.4 Å². The van der Waals surface area contributed by atoms with Crippen molar-refractivity contribution in [3.63, 3.8) is 0 Å². The summed E-state index contributed by atoms with van der Waals surface area (Å²) >= 11 is 0.459. The second kappa shape index (κ2) is 11.5. The summed E-state index contributed by atoms with van der Waals surface area (Å²) in [5.41, 5.74) is 0.982. The summed E-state index contributed by atoms with van der Waals surface area (Å²) < 4.78 is 51.3. The molecule has 0 radical (unpaired) electrons. The molecule has 0 aliphatic rings. The second-order valence-corrected chi connectivity index (χ2v) is 7.90. The first-order valence-electron chi connectivity index (χ1n) is 9.88. The molecular formula is C22H22F3N5O2S. The highest BCUT2D eigenvalue weighted by molar-refractivity contribution is 7.85. The maximum Gasteiger partial charge on any atom is 0.227 e. The van der Waals surface area contributed by atoms with Crippen molar-refractivity contribution in [3.05, 3.63) is 65.6 Å². The monoisotopic (exact) mass is 477 g/mol. The van der Waals surface area contributed by atoms with Gasteiger partial charge in [0.2, 0.25) is 5.95 Å². The molecule has 0 saturated heterocycles. The number of nitrogens with zero attached hydrogens (tertiary/aromatic N) is 3. The molecule has 3 aromatic rings. The number of hydrogen-bond acceptors (Lipinski definition) is 7. The molecule has 0 aliphatic heterocycles. The van der Waals surface area contributed by atoms with Crippen LogP contribution in [0.2, 0.25) is 0 Å². The molecule has 3 N–H and O–H groups in total. The quantitative estimate of drug-likeness (QED) is 0.160. The van der Waals surface area contributed by atoms with Crippen molar-refractivity contribution in [1.29, 1.82) is 5.41 Å². The Balaban J connectivity index is 1.82. The molecule has 0 spiro atoms. The molecule has 33 heavy (non-hydrogen) atoms. The molecule has 0 saturated carbocycles. The van der Waals surface area contributed by atoms with Gasteiger partial charge >= 0.3 is 0 Å². The van der Waals surface area contributed by atoms with E-state index in [9.17, 15) is 13.2 Å². The maximum atomic E-state index is 14.4. The van der Waals surface area contributed by atoms with Gasteiger partial charge in [0.15, 0.2) is 5.82 Å². The Morgan fingerprint density at radius 1 is 1.18 bits per heavy atom. The molecule has 2 aromatic carbocycles. The minimum absolute atomic E-state index is 0.00142. The van der Waals surface area contributed by atoms with Crippen LogP contribution in [0.4, 0.5) is 24.8 Å². The molecule has 0 unspecified atom stereocenters. The molecule has 0 amide bonds. The Morgan fingerprint density at radius 3 is 2.76 bits per heavy atom. The van der Waals surface area contributed by atoms with Crippen molar-refractivity contribution in [2.75, 3.05) is 25.6 Å². The minimum Gasteiger partial charge on any atom is -0.496 e. The first-order valence-corrected chi connectivity index (χ1v) is 10.7. The van der Waals surface area contributed by atoms with Crippen molar-refractivity contribution in [2.24, 2.45) is 4.36 Å². The van der Waals surface area contributed by atoms with E-state index in [4.69, 9.17) is 15.3 Å². The van der Waals surface area contributed by atoms with Gasteiger partial charge in [0.25, 0.3) is 0 Å². The molecule has 1 aromatic heterocycles. The van der Waals surface area contributed by atoms with E-state index < -0.39 is 17.5 Å². The fourth-order valence-corrected chi connectivity index (χ4v) is 3.60. The van der Waals surface area contributed by atoms with Crippen molar-refractivity contribution < 1.29 is 23.0 Å². The molecule has 0 aliphatic carbocycles. The van der Waals surface area contributed by atoms with E-state index in [1.165, 1.54) is 25.3 Å². The number of aliphatic hydroxyl groups excluding tert-OH is 1. The van der Waals surface area contributed by atoms with Crippen molar-refractivity contribution >= 4 is 28.2 Å². The van der Waals surface area contributed by atoms with E-state index in [1.807, 2.05) is 0 Å². The largest absolute Gasteiger partial charge is 0.496 e. The van der Waals surface area contributed by atoms with Gasteiger partial charge < -0.3 is 15.2 Å². The van der Waals surface area contributed by atoms with Crippen molar-refractivity contribution in [1.82, 2.24) is 9.97 Å². The summed E-state index contributed by atoms with van der Waals surface area (Å²) in [6.07, 6.45) is 1.66. The molecule has 7 nitrogen and oxygen atoms in total. The number of anilines is 2. The summed E-state index contributed by atoms with van der Waals surface area (Å²) in [5.74, 6) is -1.70. The fraction of sp³-hybridized carbons (Fsp3) is 0.227. The highest BCUT2D eigenvalue weighted by atomic mass is 32.1. The lowest BCUT2D eigenvalue weighted by Crippen LogP contribution is -2.04. The lowest BCUT2D eigenvalue weighted by molar-refractivity contribution is 0.291. The Bertz CT molecular complexity index is 1180. The average Bonchev–Trinajstić information content (AvgIpc) is 2.77. The second-order valence-electron chi connectivity index (χ2n) is 6.87. The Morgan fingerprint density at radius 2 is 2.00 bits per heavy atom. The standard InChI is InChI=1S/C22H22F3N5O2S/c1-32-19-11-14(23)3-4-17(19)21-18(25)12-27-22(30-21)29-16-8-13(7-15(24)10-16)9-20(26)33-28-5-2-6-31/h3-4,7-8,10-12,26,31,33H,2,5-6,9H2,1H3,(H,27,29,30). The number of aromatic nitrogens is 2. The lowest BCUT2D eigenvalue weighted by Gasteiger charge is -2.11. The zero-order valence-electron chi connectivity index (χ0n) is 17.6. The molecule has 11 heteroatoms. The van der Waals surface area contributed by atoms with E-state index in [0.29, 0.717) is 35.8 Å². The zero-order chi connectivity index (χ0) is 23.8. The molecule has 1 heterocycles. The van der Waals surface area contributed by atoms with Crippen LogP contribution in [0.15, 0.2) is 47.0 Å². The van der Waals surface area contributed by atoms with Crippen LogP contribution < -0.4 is 10.1 Å². The Kier molecular flexibility index (Phi) is 8.50. The topological polar surface area (TPSA) is 103 Å². The third-order valence-corrected chi connectivity index (χ3v) is 5.10. The van der Waals surface area contributed by atoms with Gasteiger partial charge in [-0.25, -0.2) is 23.1 Å². The van der Waals surface area contributed by atoms with Gasteiger partial charge in [-0.2, -0.15) is 0 Å². The lowest BCUT2D eigenvalue weighted by atomic mass is 10.1. The number of thiol groups is 1. The molecule has 0 bridgehead atoms. The third-order valence-electron chi connectivity index (χ3n) is 4.36. The number of aliphatic hydroxyl groups is 1. The van der Waals surface area contributed by atoms with Crippen LogP contribution in [0.3, 0.4) is 0 Å². The van der Waals surface area contributed by atoms with Crippen LogP contribution in [-0.4, -0.2) is 40.4 Å². The smallest absolute Gasteiger partial charge is 0.227 e. The Labute approximate surface area is 192 Å². The van der Waals surface area contributed by atoms with Gasteiger partial charge in [0, 0.05) is 36.9 Å². The van der Waals surface area contributed by atoms with Crippen LogP contribution in [0.5, 0.6) is 5.75 Å². The van der Waals surface area contributed by atoms with Crippen LogP contribution in [-0.2, 0) is 18.0 Å². The predicted octanol–water partition coefficient (Wildman–Crippen LogP) is 4.21. The predicted molar refractivity (Wildman–Crippen MR) is 123 cm³/mol. The zero-order valence-corrected chi connectivity index (χ0v) is 18.5. The summed E-state index contributed by atoms with van der Waals surface area (Å²) in [4.78, 5) is 8.05. The Hall–Kier alpha value is -3.31. The first kappa shape index (κ1) is 24.3. The normalized spacial score (nSPS) is 11.3. The maximum absolute atomic E-state index is 14.4. The van der Waals surface area contributed by atoms with Crippen LogP contribution in [0.25, 0.3) is 11.3 Å². The number of rotatable bonds is 9. The van der Waals surface area contributed by atoms with Gasteiger partial charge in [-0.1, -0.05) is 11.6 Å². The fourth-order valence-electron chi connectivity index (χ4n) is 2.94. The molecule has 0 atom stereocenters.